The van der Waals surface area contributed by atoms with Crippen LogP contribution in [0.5, 0.6) is 0 Å². The van der Waals surface area contributed by atoms with Gasteiger partial charge in [-0.3, -0.25) is 0 Å². The Hall–Kier alpha value is -0.570. The van der Waals surface area contributed by atoms with Crippen LogP contribution in [0.1, 0.15) is 18.9 Å². The van der Waals surface area contributed by atoms with E-state index in [0.717, 1.165) is 31.2 Å². The molecule has 1 aliphatic rings. The van der Waals surface area contributed by atoms with Crippen LogP contribution in [0.3, 0.4) is 0 Å². The van der Waals surface area contributed by atoms with Crippen molar-refractivity contribution < 1.29 is 4.74 Å². The molecular weight excluding hydrogens is 234 g/mol. The molecule has 1 N–H and O–H groups in total. The third kappa shape index (κ3) is 3.98. The molecule has 1 fully saturated rings. The normalized spacial score (nSPS) is 21.6. The second kappa shape index (κ2) is 6.39. The maximum atomic E-state index is 6.15. The molecule has 0 aliphatic carbocycles. The molecule has 2 unspecified atom stereocenters. The van der Waals surface area contributed by atoms with Gasteiger partial charge in [-0.05, 0) is 37.3 Å². The highest BCUT2D eigenvalue weighted by Crippen LogP contribution is 2.17. The predicted molar refractivity (Wildman–Crippen MR) is 71.5 cm³/mol. The van der Waals surface area contributed by atoms with Crippen LogP contribution in [-0.2, 0) is 11.2 Å². The van der Waals surface area contributed by atoms with Gasteiger partial charge in [0.1, 0.15) is 0 Å². The lowest BCUT2D eigenvalue weighted by Crippen LogP contribution is -2.33. The molecule has 0 radical (unpaired) electrons. The van der Waals surface area contributed by atoms with E-state index in [0.29, 0.717) is 12.0 Å². The Morgan fingerprint density at radius 1 is 1.47 bits per heavy atom. The van der Waals surface area contributed by atoms with Crippen LogP contribution < -0.4 is 5.32 Å². The molecule has 3 heteroatoms. The molecule has 1 aromatic carbocycles. The van der Waals surface area contributed by atoms with E-state index in [9.17, 15) is 0 Å². The number of benzene rings is 1. The summed E-state index contributed by atoms with van der Waals surface area (Å²) in [6, 6.07) is 8.52. The molecule has 94 valence electrons. The summed E-state index contributed by atoms with van der Waals surface area (Å²) in [5.41, 5.74) is 1.22. The summed E-state index contributed by atoms with van der Waals surface area (Å²) < 4.78 is 5.37. The van der Waals surface area contributed by atoms with Gasteiger partial charge in [-0.15, -0.1) is 0 Å². The lowest BCUT2D eigenvalue weighted by atomic mass is 10.1. The Kier molecular flexibility index (Phi) is 4.84. The van der Waals surface area contributed by atoms with Crippen molar-refractivity contribution in [2.45, 2.75) is 25.8 Å². The van der Waals surface area contributed by atoms with Crippen LogP contribution in [0.25, 0.3) is 0 Å². The SMILES string of the molecule is CC(Cc1ccccc1Cl)NCC1CCOC1. The number of ether oxygens (including phenoxy) is 1. The highest BCUT2D eigenvalue weighted by Gasteiger charge is 2.16. The Bertz CT molecular complexity index is 350. The Labute approximate surface area is 108 Å². The van der Waals surface area contributed by atoms with E-state index in [1.807, 2.05) is 18.2 Å². The Balaban J connectivity index is 1.76. The third-order valence-corrected chi connectivity index (χ3v) is 3.63. The average Bonchev–Trinajstić information content (AvgIpc) is 2.82. The van der Waals surface area contributed by atoms with E-state index >= 15 is 0 Å². The smallest absolute Gasteiger partial charge is 0.0507 e. The molecule has 1 heterocycles. The molecule has 0 amide bonds. The molecule has 1 aromatic rings. The topological polar surface area (TPSA) is 21.3 Å². The predicted octanol–water partition coefficient (Wildman–Crippen LogP) is 2.90. The fraction of sp³-hybridized carbons (Fsp3) is 0.571. The fourth-order valence-corrected chi connectivity index (χ4v) is 2.39. The lowest BCUT2D eigenvalue weighted by Gasteiger charge is -2.17. The zero-order valence-corrected chi connectivity index (χ0v) is 11.0. The zero-order valence-electron chi connectivity index (χ0n) is 10.3. The first-order chi connectivity index (χ1) is 8.25. The standard InChI is InChI=1S/C14H20ClNO/c1-11(16-9-12-6-7-17-10-12)8-13-4-2-3-5-14(13)15/h2-5,11-12,16H,6-10H2,1H3. The zero-order chi connectivity index (χ0) is 12.1. The molecule has 0 bridgehead atoms. The summed E-state index contributed by atoms with van der Waals surface area (Å²) in [6.45, 7) is 5.09. The molecule has 0 spiro atoms. The molecule has 2 rings (SSSR count). The first-order valence-corrected chi connectivity index (χ1v) is 6.68. The van der Waals surface area contributed by atoms with Crippen molar-refractivity contribution in [1.82, 2.24) is 5.32 Å². The highest BCUT2D eigenvalue weighted by molar-refractivity contribution is 6.31. The summed E-state index contributed by atoms with van der Waals surface area (Å²) >= 11 is 6.15. The fourth-order valence-electron chi connectivity index (χ4n) is 2.18. The van der Waals surface area contributed by atoms with E-state index < -0.39 is 0 Å². The summed E-state index contributed by atoms with van der Waals surface area (Å²) in [5.74, 6) is 0.684. The van der Waals surface area contributed by atoms with Crippen molar-refractivity contribution >= 4 is 11.6 Å². The van der Waals surface area contributed by atoms with Gasteiger partial charge in [0.2, 0.25) is 0 Å². The van der Waals surface area contributed by atoms with Crippen molar-refractivity contribution in [3.8, 4) is 0 Å². The Morgan fingerprint density at radius 3 is 3.00 bits per heavy atom. The number of halogens is 1. The van der Waals surface area contributed by atoms with Gasteiger partial charge in [-0.1, -0.05) is 29.8 Å². The van der Waals surface area contributed by atoms with Crippen LogP contribution in [0.15, 0.2) is 24.3 Å². The number of hydrogen-bond acceptors (Lipinski definition) is 2. The van der Waals surface area contributed by atoms with E-state index in [2.05, 4.69) is 18.3 Å². The number of nitrogens with one attached hydrogen (secondary N) is 1. The maximum absolute atomic E-state index is 6.15. The molecule has 1 aliphatic heterocycles. The summed E-state index contributed by atoms with van der Waals surface area (Å²) in [4.78, 5) is 0. The minimum atomic E-state index is 0.454. The van der Waals surface area contributed by atoms with Gasteiger partial charge in [0.15, 0.2) is 0 Å². The van der Waals surface area contributed by atoms with Gasteiger partial charge in [0, 0.05) is 24.2 Å². The van der Waals surface area contributed by atoms with E-state index in [4.69, 9.17) is 16.3 Å². The summed E-state index contributed by atoms with van der Waals surface area (Å²) in [7, 11) is 0. The monoisotopic (exact) mass is 253 g/mol. The average molecular weight is 254 g/mol. The van der Waals surface area contributed by atoms with E-state index in [1.165, 1.54) is 12.0 Å². The molecule has 2 nitrogen and oxygen atoms in total. The lowest BCUT2D eigenvalue weighted by molar-refractivity contribution is 0.184. The van der Waals surface area contributed by atoms with Gasteiger partial charge in [-0.25, -0.2) is 0 Å². The summed E-state index contributed by atoms with van der Waals surface area (Å²) in [6.07, 6.45) is 2.17. The van der Waals surface area contributed by atoms with E-state index in [-0.39, 0.29) is 0 Å². The van der Waals surface area contributed by atoms with Crippen molar-refractivity contribution in [3.05, 3.63) is 34.9 Å². The van der Waals surface area contributed by atoms with Gasteiger partial charge < -0.3 is 10.1 Å². The molecule has 0 aromatic heterocycles. The number of hydrogen-bond donors (Lipinski definition) is 1. The Morgan fingerprint density at radius 2 is 2.29 bits per heavy atom. The van der Waals surface area contributed by atoms with Crippen molar-refractivity contribution in [1.29, 1.82) is 0 Å². The van der Waals surface area contributed by atoms with Crippen LogP contribution in [0.2, 0.25) is 5.02 Å². The quantitative estimate of drug-likeness (QED) is 0.871. The van der Waals surface area contributed by atoms with Gasteiger partial charge in [0.05, 0.1) is 6.61 Å². The van der Waals surface area contributed by atoms with Crippen LogP contribution >= 0.6 is 11.6 Å². The number of rotatable bonds is 5. The molecular formula is C14H20ClNO. The second-order valence-electron chi connectivity index (χ2n) is 4.83. The van der Waals surface area contributed by atoms with Crippen molar-refractivity contribution in [3.63, 3.8) is 0 Å². The van der Waals surface area contributed by atoms with Crippen molar-refractivity contribution in [2.24, 2.45) is 5.92 Å². The largest absolute Gasteiger partial charge is 0.381 e. The van der Waals surface area contributed by atoms with Crippen LogP contribution in [0, 0.1) is 5.92 Å². The highest BCUT2D eigenvalue weighted by atomic mass is 35.5. The molecule has 0 saturated carbocycles. The first kappa shape index (κ1) is 12.9. The second-order valence-corrected chi connectivity index (χ2v) is 5.24. The minimum Gasteiger partial charge on any atom is -0.381 e. The molecule has 2 atom stereocenters. The van der Waals surface area contributed by atoms with Crippen LogP contribution in [-0.4, -0.2) is 25.8 Å². The summed E-state index contributed by atoms with van der Waals surface area (Å²) in [5, 5.41) is 4.43. The first-order valence-electron chi connectivity index (χ1n) is 6.30. The van der Waals surface area contributed by atoms with Crippen molar-refractivity contribution in [2.75, 3.05) is 19.8 Å². The molecule has 17 heavy (non-hydrogen) atoms. The molecule has 1 saturated heterocycles. The van der Waals surface area contributed by atoms with Crippen LogP contribution in [0.4, 0.5) is 0 Å². The van der Waals surface area contributed by atoms with E-state index in [1.54, 1.807) is 0 Å². The minimum absolute atomic E-state index is 0.454. The van der Waals surface area contributed by atoms with Gasteiger partial charge in [0.25, 0.3) is 0 Å². The maximum Gasteiger partial charge on any atom is 0.0507 e. The van der Waals surface area contributed by atoms with Gasteiger partial charge >= 0.3 is 0 Å². The van der Waals surface area contributed by atoms with Gasteiger partial charge in [-0.2, -0.15) is 0 Å². The third-order valence-electron chi connectivity index (χ3n) is 3.26.